The Bertz CT molecular complexity index is 1440. The Kier molecular flexibility index (Phi) is 5.97. The molecule has 5 rings (SSSR count). The van der Waals surface area contributed by atoms with Gasteiger partial charge in [0, 0.05) is 60.4 Å². The van der Waals surface area contributed by atoms with E-state index in [1.54, 1.807) is 20.3 Å². The van der Waals surface area contributed by atoms with Gasteiger partial charge in [-0.1, -0.05) is 12.1 Å². The van der Waals surface area contributed by atoms with Crippen LogP contribution < -0.4 is 5.32 Å². The monoisotopic (exact) mass is 455 g/mol. The minimum atomic E-state index is -0.178. The number of methoxy groups -OCH3 is 2. The van der Waals surface area contributed by atoms with E-state index in [-0.39, 0.29) is 12.0 Å². The van der Waals surface area contributed by atoms with E-state index in [0.717, 1.165) is 44.6 Å². The Hall–Kier alpha value is -4.17. The van der Waals surface area contributed by atoms with Crippen molar-refractivity contribution >= 4 is 28.5 Å². The van der Waals surface area contributed by atoms with Crippen LogP contribution in [-0.2, 0) is 14.3 Å². The molecule has 34 heavy (non-hydrogen) atoms. The number of ether oxygens (including phenoxy) is 2. The zero-order valence-corrected chi connectivity index (χ0v) is 19.0. The van der Waals surface area contributed by atoms with Gasteiger partial charge in [-0.3, -0.25) is 4.79 Å². The molecule has 1 aliphatic rings. The Balaban J connectivity index is 1.31. The van der Waals surface area contributed by atoms with Crippen molar-refractivity contribution in [3.05, 3.63) is 84.2 Å². The normalized spacial score (nSPS) is 16.1. The van der Waals surface area contributed by atoms with Gasteiger partial charge in [0.15, 0.2) is 0 Å². The van der Waals surface area contributed by atoms with Crippen molar-refractivity contribution in [3.63, 3.8) is 0 Å². The first kappa shape index (κ1) is 21.7. The molecule has 4 aromatic rings. The lowest BCUT2D eigenvalue weighted by Gasteiger charge is -2.21. The third kappa shape index (κ3) is 4.23. The van der Waals surface area contributed by atoms with E-state index in [4.69, 9.17) is 9.47 Å². The van der Waals surface area contributed by atoms with E-state index in [1.165, 1.54) is 6.08 Å². The average Bonchev–Trinajstić information content (AvgIpc) is 3.49. The standard InChI is InChI=1S/C26H25N5O3/c1-33-23-8-6-17(11-24(23)34-2)13-27-25(32)9-7-18-14-28-26-20(18)12-19(15-29-26)21-16-30-31-10-4-3-5-22(21)31/h3-7,9-12,14-16,23H,8,13H2,1-2H3,(H,27,32)(H,28,29)/b9-7+. The summed E-state index contributed by atoms with van der Waals surface area (Å²) in [4.78, 5) is 20.2. The highest BCUT2D eigenvalue weighted by Gasteiger charge is 2.18. The van der Waals surface area contributed by atoms with Crippen LogP contribution in [0, 0.1) is 0 Å². The summed E-state index contributed by atoms with van der Waals surface area (Å²) >= 11 is 0. The molecule has 0 spiro atoms. The predicted octanol–water partition coefficient (Wildman–Crippen LogP) is 3.88. The molecule has 1 amide bonds. The summed E-state index contributed by atoms with van der Waals surface area (Å²) in [6, 6.07) is 8.02. The van der Waals surface area contributed by atoms with Crippen molar-refractivity contribution in [1.29, 1.82) is 0 Å². The Morgan fingerprint density at radius 3 is 3.09 bits per heavy atom. The van der Waals surface area contributed by atoms with Gasteiger partial charge in [0.25, 0.3) is 0 Å². The Labute approximate surface area is 196 Å². The number of aromatic amines is 1. The largest absolute Gasteiger partial charge is 0.498 e. The molecule has 0 radical (unpaired) electrons. The minimum absolute atomic E-state index is 0.0783. The molecular weight excluding hydrogens is 430 g/mol. The number of carbonyl (C=O) groups is 1. The van der Waals surface area contributed by atoms with Crippen molar-refractivity contribution in [2.75, 3.05) is 20.8 Å². The van der Waals surface area contributed by atoms with E-state index in [1.807, 2.05) is 59.7 Å². The van der Waals surface area contributed by atoms with E-state index in [2.05, 4.69) is 26.4 Å². The summed E-state index contributed by atoms with van der Waals surface area (Å²) in [5.41, 5.74) is 5.61. The number of hydrogen-bond acceptors (Lipinski definition) is 5. The molecule has 0 aliphatic heterocycles. The van der Waals surface area contributed by atoms with Crippen LogP contribution in [0.4, 0.5) is 0 Å². The quantitative estimate of drug-likeness (QED) is 0.413. The second-order valence-electron chi connectivity index (χ2n) is 7.99. The molecule has 4 heterocycles. The molecule has 0 fully saturated rings. The number of rotatable bonds is 7. The average molecular weight is 456 g/mol. The van der Waals surface area contributed by atoms with Crippen LogP contribution in [0.2, 0.25) is 0 Å². The van der Waals surface area contributed by atoms with Gasteiger partial charge in [0.1, 0.15) is 17.5 Å². The summed E-state index contributed by atoms with van der Waals surface area (Å²) in [6.07, 6.45) is 15.4. The van der Waals surface area contributed by atoms with Gasteiger partial charge in [-0.15, -0.1) is 0 Å². The van der Waals surface area contributed by atoms with Crippen molar-refractivity contribution in [3.8, 4) is 11.1 Å². The van der Waals surface area contributed by atoms with Gasteiger partial charge in [-0.2, -0.15) is 5.10 Å². The number of hydrogen-bond donors (Lipinski definition) is 2. The highest BCUT2D eigenvalue weighted by molar-refractivity contribution is 5.97. The first-order chi connectivity index (χ1) is 16.7. The number of carbonyl (C=O) groups excluding carboxylic acids is 1. The maximum Gasteiger partial charge on any atom is 0.244 e. The van der Waals surface area contributed by atoms with Gasteiger partial charge >= 0.3 is 0 Å². The van der Waals surface area contributed by atoms with Gasteiger partial charge in [-0.25, -0.2) is 9.50 Å². The van der Waals surface area contributed by atoms with E-state index in [0.29, 0.717) is 13.0 Å². The van der Waals surface area contributed by atoms with Gasteiger partial charge in [0.05, 0.1) is 18.8 Å². The molecule has 0 bridgehead atoms. The molecule has 0 saturated heterocycles. The fourth-order valence-corrected chi connectivity index (χ4v) is 4.11. The lowest BCUT2D eigenvalue weighted by molar-refractivity contribution is -0.116. The van der Waals surface area contributed by atoms with Crippen LogP contribution in [0.15, 0.2) is 78.6 Å². The maximum absolute atomic E-state index is 12.5. The Morgan fingerprint density at radius 2 is 2.24 bits per heavy atom. The molecule has 8 nitrogen and oxygen atoms in total. The van der Waals surface area contributed by atoms with Crippen LogP contribution in [0.25, 0.3) is 33.8 Å². The van der Waals surface area contributed by atoms with Crippen molar-refractivity contribution in [2.24, 2.45) is 0 Å². The molecule has 2 N–H and O–H groups in total. The first-order valence-electron chi connectivity index (χ1n) is 11.0. The number of aromatic nitrogens is 4. The van der Waals surface area contributed by atoms with Crippen LogP contribution in [-0.4, -0.2) is 52.4 Å². The zero-order chi connectivity index (χ0) is 23.5. The summed E-state index contributed by atoms with van der Waals surface area (Å²) < 4.78 is 12.6. The topological polar surface area (TPSA) is 93.5 Å². The summed E-state index contributed by atoms with van der Waals surface area (Å²) in [5, 5.41) is 8.27. The molecule has 0 aromatic carbocycles. The zero-order valence-electron chi connectivity index (χ0n) is 19.0. The predicted molar refractivity (Wildman–Crippen MR) is 131 cm³/mol. The number of amides is 1. The summed E-state index contributed by atoms with van der Waals surface area (Å²) in [6.45, 7) is 0.417. The molecule has 1 aliphatic carbocycles. The van der Waals surface area contributed by atoms with Gasteiger partial charge < -0.3 is 19.8 Å². The smallest absolute Gasteiger partial charge is 0.244 e. The maximum atomic E-state index is 12.5. The summed E-state index contributed by atoms with van der Waals surface area (Å²) in [5.74, 6) is 0.585. The van der Waals surface area contributed by atoms with Gasteiger partial charge in [0.2, 0.25) is 5.91 Å². The Morgan fingerprint density at radius 1 is 1.32 bits per heavy atom. The van der Waals surface area contributed by atoms with Crippen molar-refractivity contribution < 1.29 is 14.3 Å². The fourth-order valence-electron chi connectivity index (χ4n) is 4.11. The third-order valence-corrected chi connectivity index (χ3v) is 5.94. The molecule has 1 atom stereocenters. The molecular formula is C26H25N5O3. The van der Waals surface area contributed by atoms with Crippen LogP contribution in [0.1, 0.15) is 12.0 Å². The second kappa shape index (κ2) is 9.36. The highest BCUT2D eigenvalue weighted by Crippen LogP contribution is 2.28. The lowest BCUT2D eigenvalue weighted by atomic mass is 10.0. The summed E-state index contributed by atoms with van der Waals surface area (Å²) in [7, 11) is 3.28. The van der Waals surface area contributed by atoms with Crippen LogP contribution >= 0.6 is 0 Å². The van der Waals surface area contributed by atoms with E-state index >= 15 is 0 Å². The number of fused-ring (bicyclic) bond motifs is 2. The SMILES string of the molecule is COC1=CC(CNC(=O)/C=C/c2c[nH]c3ncc(-c4cnn5ccccc45)cc23)=CCC1OC. The number of H-pyrrole nitrogens is 1. The molecule has 8 heteroatoms. The molecule has 0 saturated carbocycles. The van der Waals surface area contributed by atoms with Crippen LogP contribution in [0.3, 0.4) is 0 Å². The van der Waals surface area contributed by atoms with E-state index < -0.39 is 0 Å². The van der Waals surface area contributed by atoms with Gasteiger partial charge in [-0.05, 0) is 42.3 Å². The minimum Gasteiger partial charge on any atom is -0.498 e. The number of nitrogens with one attached hydrogen (secondary N) is 2. The first-order valence-corrected chi connectivity index (χ1v) is 11.0. The highest BCUT2D eigenvalue weighted by atomic mass is 16.5. The fraction of sp³-hybridized carbons (Fsp3) is 0.192. The van der Waals surface area contributed by atoms with Crippen molar-refractivity contribution in [2.45, 2.75) is 12.5 Å². The lowest BCUT2D eigenvalue weighted by Crippen LogP contribution is -2.25. The van der Waals surface area contributed by atoms with Crippen molar-refractivity contribution in [1.82, 2.24) is 24.9 Å². The van der Waals surface area contributed by atoms with Crippen LogP contribution in [0.5, 0.6) is 0 Å². The van der Waals surface area contributed by atoms with E-state index in [9.17, 15) is 4.79 Å². The number of nitrogens with zero attached hydrogens (tertiary/aromatic N) is 3. The molecule has 1 unspecified atom stereocenters. The second-order valence-corrected chi connectivity index (χ2v) is 7.99. The third-order valence-electron chi connectivity index (χ3n) is 5.94. The molecule has 4 aromatic heterocycles. The molecule has 172 valence electrons. The number of pyridine rings is 2.